The zero-order valence-electron chi connectivity index (χ0n) is 6.89. The third-order valence-electron chi connectivity index (χ3n) is 1.57. The standard InChI is InChI=1S/C11H9I/c1-9(2)11-6-4-3-5-10(11)7-8-12/h3-6H,1H2,2H3. The molecule has 12 heavy (non-hydrogen) atoms. The Kier molecular flexibility index (Phi) is 3.36. The Morgan fingerprint density at radius 2 is 2.08 bits per heavy atom. The third-order valence-corrected chi connectivity index (χ3v) is 1.84. The largest absolute Gasteiger partial charge is 0.0955 e. The normalized spacial score (nSPS) is 8.50. The molecule has 0 bridgehead atoms. The molecule has 60 valence electrons. The fraction of sp³-hybridized carbons (Fsp3) is 0.0909. The average Bonchev–Trinajstić information content (AvgIpc) is 2.05. The second-order valence-corrected chi connectivity index (χ2v) is 3.08. The van der Waals surface area contributed by atoms with Gasteiger partial charge >= 0.3 is 0 Å². The van der Waals surface area contributed by atoms with Gasteiger partial charge in [-0.3, -0.25) is 0 Å². The van der Waals surface area contributed by atoms with E-state index < -0.39 is 0 Å². The summed E-state index contributed by atoms with van der Waals surface area (Å²) in [6, 6.07) is 8.04. The van der Waals surface area contributed by atoms with Gasteiger partial charge in [0.1, 0.15) is 0 Å². The van der Waals surface area contributed by atoms with Crippen LogP contribution >= 0.6 is 22.6 Å². The molecule has 0 nitrogen and oxygen atoms in total. The molecule has 0 unspecified atom stereocenters. The van der Waals surface area contributed by atoms with Crippen molar-refractivity contribution >= 4 is 28.2 Å². The Bertz CT molecular complexity index is 353. The Balaban J connectivity index is 3.23. The highest BCUT2D eigenvalue weighted by Crippen LogP contribution is 2.15. The van der Waals surface area contributed by atoms with Crippen LogP contribution in [0.3, 0.4) is 0 Å². The number of hydrogen-bond acceptors (Lipinski definition) is 0. The van der Waals surface area contributed by atoms with Crippen LogP contribution in [-0.2, 0) is 0 Å². The van der Waals surface area contributed by atoms with Crippen molar-refractivity contribution in [2.75, 3.05) is 0 Å². The van der Waals surface area contributed by atoms with Crippen LogP contribution in [0.1, 0.15) is 18.1 Å². The summed E-state index contributed by atoms with van der Waals surface area (Å²) in [5.74, 6) is 3.03. The summed E-state index contributed by atoms with van der Waals surface area (Å²) in [6.07, 6.45) is 0. The molecule has 0 atom stereocenters. The highest BCUT2D eigenvalue weighted by atomic mass is 127. The highest BCUT2D eigenvalue weighted by molar-refractivity contribution is 14.1. The van der Waals surface area contributed by atoms with E-state index in [1.54, 1.807) is 0 Å². The molecule has 0 heterocycles. The van der Waals surface area contributed by atoms with Crippen molar-refractivity contribution in [1.82, 2.24) is 0 Å². The molecule has 0 fully saturated rings. The molecule has 0 aliphatic carbocycles. The van der Waals surface area contributed by atoms with Crippen LogP contribution in [0, 0.1) is 9.85 Å². The summed E-state index contributed by atoms with van der Waals surface area (Å²) in [6.45, 7) is 5.89. The molecule has 1 rings (SSSR count). The van der Waals surface area contributed by atoms with Crippen molar-refractivity contribution in [3.8, 4) is 9.85 Å². The van der Waals surface area contributed by atoms with Crippen molar-refractivity contribution < 1.29 is 0 Å². The molecule has 0 aromatic heterocycles. The molecule has 1 heteroatoms. The van der Waals surface area contributed by atoms with Crippen LogP contribution in [0.5, 0.6) is 0 Å². The van der Waals surface area contributed by atoms with E-state index in [-0.39, 0.29) is 0 Å². The van der Waals surface area contributed by atoms with E-state index >= 15 is 0 Å². The van der Waals surface area contributed by atoms with Gasteiger partial charge in [-0.15, -0.1) is 0 Å². The van der Waals surface area contributed by atoms with Gasteiger partial charge in [-0.25, -0.2) is 0 Å². The van der Waals surface area contributed by atoms with Crippen LogP contribution in [0.25, 0.3) is 5.57 Å². The SMILES string of the molecule is C=C(C)c1ccccc1C#CI. The van der Waals surface area contributed by atoms with Crippen molar-refractivity contribution in [3.05, 3.63) is 42.0 Å². The molecule has 1 aromatic carbocycles. The molecule has 0 saturated carbocycles. The highest BCUT2D eigenvalue weighted by Gasteiger charge is 1.97. The molecule has 0 aliphatic rings. The van der Waals surface area contributed by atoms with Crippen molar-refractivity contribution in [2.24, 2.45) is 0 Å². The lowest BCUT2D eigenvalue weighted by molar-refractivity contribution is 1.54. The zero-order chi connectivity index (χ0) is 8.97. The first-order chi connectivity index (χ1) is 5.75. The maximum Gasteiger partial charge on any atom is 0.0328 e. The van der Waals surface area contributed by atoms with E-state index in [4.69, 9.17) is 0 Å². The predicted octanol–water partition coefficient (Wildman–Crippen LogP) is 3.46. The van der Waals surface area contributed by atoms with Gasteiger partial charge in [-0.05, 0) is 28.1 Å². The van der Waals surface area contributed by atoms with Gasteiger partial charge in [0.2, 0.25) is 0 Å². The molecule has 0 radical (unpaired) electrons. The summed E-state index contributed by atoms with van der Waals surface area (Å²) in [7, 11) is 0. The predicted molar refractivity (Wildman–Crippen MR) is 62.0 cm³/mol. The van der Waals surface area contributed by atoms with E-state index in [0.29, 0.717) is 0 Å². The Labute approximate surface area is 86.8 Å². The van der Waals surface area contributed by atoms with Gasteiger partial charge < -0.3 is 0 Å². The van der Waals surface area contributed by atoms with Gasteiger partial charge in [0.15, 0.2) is 0 Å². The first-order valence-corrected chi connectivity index (χ1v) is 4.70. The molecular formula is C11H9I. The van der Waals surface area contributed by atoms with Gasteiger partial charge in [-0.2, -0.15) is 0 Å². The minimum atomic E-state index is 1.06. The average molecular weight is 268 g/mol. The van der Waals surface area contributed by atoms with E-state index in [9.17, 15) is 0 Å². The first-order valence-electron chi connectivity index (χ1n) is 3.62. The van der Waals surface area contributed by atoms with Gasteiger partial charge in [-0.1, -0.05) is 30.7 Å². The van der Waals surface area contributed by atoms with Crippen LogP contribution in [0.4, 0.5) is 0 Å². The first kappa shape index (κ1) is 9.34. The minimum Gasteiger partial charge on any atom is -0.0955 e. The second-order valence-electron chi connectivity index (χ2n) is 2.55. The van der Waals surface area contributed by atoms with Crippen LogP contribution in [0.15, 0.2) is 30.8 Å². The van der Waals surface area contributed by atoms with E-state index in [2.05, 4.69) is 16.4 Å². The second kappa shape index (κ2) is 4.32. The van der Waals surface area contributed by atoms with Gasteiger partial charge in [0.25, 0.3) is 0 Å². The fourth-order valence-corrected chi connectivity index (χ4v) is 1.31. The van der Waals surface area contributed by atoms with E-state index in [1.165, 1.54) is 0 Å². The van der Waals surface area contributed by atoms with E-state index in [1.807, 2.05) is 53.8 Å². The van der Waals surface area contributed by atoms with Crippen molar-refractivity contribution in [2.45, 2.75) is 6.92 Å². The zero-order valence-corrected chi connectivity index (χ0v) is 9.05. The maximum atomic E-state index is 3.90. The van der Waals surface area contributed by atoms with Crippen molar-refractivity contribution in [1.29, 1.82) is 0 Å². The number of allylic oxidation sites excluding steroid dienone is 1. The quantitative estimate of drug-likeness (QED) is 0.540. The molecule has 0 saturated heterocycles. The molecular weight excluding hydrogens is 259 g/mol. The topological polar surface area (TPSA) is 0 Å². The Morgan fingerprint density at radius 3 is 2.67 bits per heavy atom. The van der Waals surface area contributed by atoms with Crippen molar-refractivity contribution in [3.63, 3.8) is 0 Å². The maximum absolute atomic E-state index is 3.90. The third kappa shape index (κ3) is 2.12. The fourth-order valence-electron chi connectivity index (χ4n) is 1.02. The number of hydrogen-bond donors (Lipinski definition) is 0. The molecule has 0 spiro atoms. The molecule has 0 aliphatic heterocycles. The number of halogens is 1. The van der Waals surface area contributed by atoms with Crippen LogP contribution < -0.4 is 0 Å². The smallest absolute Gasteiger partial charge is 0.0328 e. The van der Waals surface area contributed by atoms with Crippen LogP contribution in [-0.4, -0.2) is 0 Å². The summed E-state index contributed by atoms with van der Waals surface area (Å²) in [5.41, 5.74) is 3.26. The lowest BCUT2D eigenvalue weighted by Crippen LogP contribution is -1.83. The molecule has 0 amide bonds. The summed E-state index contributed by atoms with van der Waals surface area (Å²) < 4.78 is 2.86. The number of benzene rings is 1. The summed E-state index contributed by atoms with van der Waals surface area (Å²) in [5, 5.41) is 0. The van der Waals surface area contributed by atoms with Crippen LogP contribution in [0.2, 0.25) is 0 Å². The van der Waals surface area contributed by atoms with E-state index in [0.717, 1.165) is 16.7 Å². The van der Waals surface area contributed by atoms with Gasteiger partial charge in [0, 0.05) is 28.2 Å². The molecule has 1 aromatic rings. The molecule has 0 N–H and O–H groups in total. The minimum absolute atomic E-state index is 1.06. The van der Waals surface area contributed by atoms with Gasteiger partial charge in [0.05, 0.1) is 0 Å². The monoisotopic (exact) mass is 268 g/mol. The Hall–Kier alpha value is -0.750. The Morgan fingerprint density at radius 1 is 1.42 bits per heavy atom. The lowest BCUT2D eigenvalue weighted by atomic mass is 10.0. The number of rotatable bonds is 1. The summed E-state index contributed by atoms with van der Waals surface area (Å²) in [4.78, 5) is 0. The lowest BCUT2D eigenvalue weighted by Gasteiger charge is -2.01. The summed E-state index contributed by atoms with van der Waals surface area (Å²) >= 11 is 2.04.